The molecular formula is C7H8O3. The molecule has 0 aliphatic rings. The molecule has 0 radical (unpaired) electrons. The molecule has 0 spiro atoms. The molecule has 0 saturated heterocycles. The summed E-state index contributed by atoms with van der Waals surface area (Å²) in [6.45, 7) is 1.62. The maximum absolute atomic E-state index is 10.4. The van der Waals surface area contributed by atoms with Crippen LogP contribution in [0.1, 0.15) is 18.4 Å². The summed E-state index contributed by atoms with van der Waals surface area (Å²) in [7, 11) is 0. The first-order valence-electron chi connectivity index (χ1n) is 2.96. The van der Waals surface area contributed by atoms with Crippen molar-refractivity contribution in [3.05, 3.63) is 24.2 Å². The highest BCUT2D eigenvalue weighted by Crippen LogP contribution is 2.14. The molecule has 0 aromatic carbocycles. The summed E-state index contributed by atoms with van der Waals surface area (Å²) in [5, 5.41) is 8.51. The van der Waals surface area contributed by atoms with Crippen LogP contribution in [0.25, 0.3) is 0 Å². The van der Waals surface area contributed by atoms with Crippen LogP contribution in [0.5, 0.6) is 0 Å². The van der Waals surface area contributed by atoms with E-state index in [1.807, 2.05) is 0 Å². The maximum atomic E-state index is 10.4. The summed E-state index contributed by atoms with van der Waals surface area (Å²) in [6, 6.07) is 1.65. The van der Waals surface area contributed by atoms with Gasteiger partial charge >= 0.3 is 5.97 Å². The molecule has 1 atom stereocenters. The highest BCUT2D eigenvalue weighted by atomic mass is 16.4. The average Bonchev–Trinajstić information content (AvgIpc) is 2.36. The average molecular weight is 140 g/mol. The predicted octanol–water partition coefficient (Wildman–Crippen LogP) is 1.47. The minimum atomic E-state index is -0.832. The SMILES string of the molecule is CC(C(=O)O)c1ccoc1. The van der Waals surface area contributed by atoms with E-state index in [0.29, 0.717) is 5.56 Å². The summed E-state index contributed by atoms with van der Waals surface area (Å²) in [5.41, 5.74) is 0.701. The molecule has 10 heavy (non-hydrogen) atoms. The largest absolute Gasteiger partial charge is 0.481 e. The Hall–Kier alpha value is -1.25. The molecular weight excluding hydrogens is 132 g/mol. The van der Waals surface area contributed by atoms with E-state index in [2.05, 4.69) is 0 Å². The Kier molecular flexibility index (Phi) is 1.76. The molecule has 1 aromatic heterocycles. The van der Waals surface area contributed by atoms with Crippen LogP contribution in [-0.4, -0.2) is 11.1 Å². The summed E-state index contributed by atoms with van der Waals surface area (Å²) in [5.74, 6) is -1.31. The summed E-state index contributed by atoms with van der Waals surface area (Å²) < 4.78 is 4.72. The first kappa shape index (κ1) is 6.86. The van der Waals surface area contributed by atoms with Crippen molar-refractivity contribution in [1.82, 2.24) is 0 Å². The lowest BCUT2D eigenvalue weighted by molar-refractivity contribution is -0.138. The van der Waals surface area contributed by atoms with Crippen molar-refractivity contribution in [2.45, 2.75) is 12.8 Å². The van der Waals surface area contributed by atoms with Crippen LogP contribution < -0.4 is 0 Å². The number of carboxylic acid groups (broad SMARTS) is 1. The predicted molar refractivity (Wildman–Crippen MR) is 34.8 cm³/mol. The van der Waals surface area contributed by atoms with E-state index in [1.165, 1.54) is 12.5 Å². The third kappa shape index (κ3) is 1.18. The second-order valence-electron chi connectivity index (χ2n) is 2.12. The van der Waals surface area contributed by atoms with Gasteiger partial charge < -0.3 is 9.52 Å². The third-order valence-corrected chi connectivity index (χ3v) is 1.41. The van der Waals surface area contributed by atoms with Crippen molar-refractivity contribution in [1.29, 1.82) is 0 Å². The molecule has 54 valence electrons. The molecule has 1 rings (SSSR count). The Labute approximate surface area is 58.3 Å². The lowest BCUT2D eigenvalue weighted by atomic mass is 10.1. The Morgan fingerprint density at radius 3 is 2.90 bits per heavy atom. The number of hydrogen-bond donors (Lipinski definition) is 1. The van der Waals surface area contributed by atoms with Crippen molar-refractivity contribution in [2.75, 3.05) is 0 Å². The van der Waals surface area contributed by atoms with Gasteiger partial charge in [-0.25, -0.2) is 0 Å². The zero-order valence-corrected chi connectivity index (χ0v) is 5.57. The topological polar surface area (TPSA) is 50.4 Å². The first-order valence-corrected chi connectivity index (χ1v) is 2.96. The molecule has 0 aliphatic heterocycles. The van der Waals surface area contributed by atoms with Crippen LogP contribution in [-0.2, 0) is 4.79 Å². The standard InChI is InChI=1S/C7H8O3/c1-5(7(8)9)6-2-3-10-4-6/h2-5H,1H3,(H,8,9). The van der Waals surface area contributed by atoms with Crippen LogP contribution in [0, 0.1) is 0 Å². The van der Waals surface area contributed by atoms with Crippen LogP contribution in [0.4, 0.5) is 0 Å². The molecule has 1 unspecified atom stereocenters. The molecule has 0 fully saturated rings. The van der Waals surface area contributed by atoms with Gasteiger partial charge in [0.25, 0.3) is 0 Å². The van der Waals surface area contributed by atoms with E-state index >= 15 is 0 Å². The van der Waals surface area contributed by atoms with Gasteiger partial charge in [-0.05, 0) is 13.0 Å². The molecule has 3 heteroatoms. The maximum Gasteiger partial charge on any atom is 0.310 e. The van der Waals surface area contributed by atoms with Crippen LogP contribution >= 0.6 is 0 Å². The van der Waals surface area contributed by atoms with Crippen LogP contribution in [0.2, 0.25) is 0 Å². The number of rotatable bonds is 2. The normalized spacial score (nSPS) is 12.9. The van der Waals surface area contributed by atoms with Gasteiger partial charge in [-0.3, -0.25) is 4.79 Å². The minimum Gasteiger partial charge on any atom is -0.481 e. The van der Waals surface area contributed by atoms with E-state index in [-0.39, 0.29) is 0 Å². The second kappa shape index (κ2) is 2.56. The minimum absolute atomic E-state index is 0.473. The molecule has 1 N–H and O–H groups in total. The van der Waals surface area contributed by atoms with Gasteiger partial charge in [0.1, 0.15) is 0 Å². The van der Waals surface area contributed by atoms with E-state index in [9.17, 15) is 4.79 Å². The monoisotopic (exact) mass is 140 g/mol. The molecule has 0 aliphatic carbocycles. The number of hydrogen-bond acceptors (Lipinski definition) is 2. The van der Waals surface area contributed by atoms with Gasteiger partial charge in [0.2, 0.25) is 0 Å². The zero-order valence-electron chi connectivity index (χ0n) is 5.57. The smallest absolute Gasteiger partial charge is 0.310 e. The summed E-state index contributed by atoms with van der Waals surface area (Å²) in [6.07, 6.45) is 2.91. The van der Waals surface area contributed by atoms with E-state index in [4.69, 9.17) is 9.52 Å². The number of carboxylic acids is 1. The lowest BCUT2D eigenvalue weighted by Gasteiger charge is -1.99. The molecule has 1 heterocycles. The molecule has 0 saturated carbocycles. The van der Waals surface area contributed by atoms with E-state index in [1.54, 1.807) is 13.0 Å². The first-order chi connectivity index (χ1) is 4.72. The van der Waals surface area contributed by atoms with Gasteiger partial charge in [0.05, 0.1) is 18.4 Å². The van der Waals surface area contributed by atoms with Gasteiger partial charge in [0.15, 0.2) is 0 Å². The fourth-order valence-electron chi connectivity index (χ4n) is 0.664. The van der Waals surface area contributed by atoms with E-state index in [0.717, 1.165) is 0 Å². The number of carbonyl (C=O) groups is 1. The highest BCUT2D eigenvalue weighted by molar-refractivity contribution is 5.75. The van der Waals surface area contributed by atoms with Crippen molar-refractivity contribution >= 4 is 5.97 Å². The Morgan fingerprint density at radius 2 is 2.50 bits per heavy atom. The Balaban J connectivity index is 2.77. The van der Waals surface area contributed by atoms with Crippen molar-refractivity contribution in [3.8, 4) is 0 Å². The third-order valence-electron chi connectivity index (χ3n) is 1.41. The quantitative estimate of drug-likeness (QED) is 0.676. The Morgan fingerprint density at radius 1 is 1.80 bits per heavy atom. The van der Waals surface area contributed by atoms with Gasteiger partial charge in [-0.1, -0.05) is 0 Å². The molecule has 0 amide bonds. The fraction of sp³-hybridized carbons (Fsp3) is 0.286. The second-order valence-corrected chi connectivity index (χ2v) is 2.12. The van der Waals surface area contributed by atoms with Gasteiger partial charge in [0, 0.05) is 5.56 Å². The molecule has 1 aromatic rings. The van der Waals surface area contributed by atoms with Crippen LogP contribution in [0.15, 0.2) is 23.0 Å². The van der Waals surface area contributed by atoms with Crippen molar-refractivity contribution < 1.29 is 14.3 Å². The van der Waals surface area contributed by atoms with Crippen LogP contribution in [0.3, 0.4) is 0 Å². The zero-order chi connectivity index (χ0) is 7.56. The highest BCUT2D eigenvalue weighted by Gasteiger charge is 2.13. The lowest BCUT2D eigenvalue weighted by Crippen LogP contribution is -2.05. The van der Waals surface area contributed by atoms with E-state index < -0.39 is 11.9 Å². The molecule has 0 bridgehead atoms. The van der Waals surface area contributed by atoms with Crippen molar-refractivity contribution in [2.24, 2.45) is 0 Å². The number of aliphatic carboxylic acids is 1. The van der Waals surface area contributed by atoms with Gasteiger partial charge in [-0.15, -0.1) is 0 Å². The molecule has 3 nitrogen and oxygen atoms in total. The fourth-order valence-corrected chi connectivity index (χ4v) is 0.664. The number of furan rings is 1. The Bertz CT molecular complexity index is 213. The summed E-state index contributed by atoms with van der Waals surface area (Å²) >= 11 is 0. The van der Waals surface area contributed by atoms with Gasteiger partial charge in [-0.2, -0.15) is 0 Å². The van der Waals surface area contributed by atoms with Crippen molar-refractivity contribution in [3.63, 3.8) is 0 Å². The summed E-state index contributed by atoms with van der Waals surface area (Å²) in [4.78, 5) is 10.4.